The molecule has 10 N–H and O–H groups in total. The molecular formula is C14H18CuO10. The standard InChI is InChI=1S/2C7H6O3.Cu.4H2O/c2*8-6-4-2-1-3-5(6)7(9)10;;;;;/h2*1-4,8H,(H,9,10);;4*1H2/q;;+2;;;;/p-2. The summed E-state index contributed by atoms with van der Waals surface area (Å²) < 4.78 is 0. The van der Waals surface area contributed by atoms with Crippen LogP contribution >= 0.6 is 0 Å². The molecule has 0 heterocycles. The second-order valence-electron chi connectivity index (χ2n) is 3.60. The Morgan fingerprint density at radius 1 is 0.640 bits per heavy atom. The first-order valence-electron chi connectivity index (χ1n) is 5.42. The summed E-state index contributed by atoms with van der Waals surface area (Å²) in [7, 11) is 0. The van der Waals surface area contributed by atoms with E-state index < -0.39 is 23.4 Å². The zero-order chi connectivity index (χ0) is 15.1. The first kappa shape index (κ1) is 33.8. The molecule has 0 saturated carbocycles. The summed E-state index contributed by atoms with van der Waals surface area (Å²) >= 11 is 0. The van der Waals surface area contributed by atoms with Gasteiger partial charge in [0.15, 0.2) is 0 Å². The van der Waals surface area contributed by atoms with Gasteiger partial charge < -0.3 is 42.3 Å². The van der Waals surface area contributed by atoms with Crippen molar-refractivity contribution in [2.45, 2.75) is 0 Å². The minimum atomic E-state index is -1.18. The van der Waals surface area contributed by atoms with E-state index in [4.69, 9.17) is 10.2 Å². The van der Waals surface area contributed by atoms with Crippen molar-refractivity contribution in [3.63, 3.8) is 0 Å². The van der Waals surface area contributed by atoms with E-state index in [9.17, 15) is 19.8 Å². The largest absolute Gasteiger partial charge is 2.00 e. The fourth-order valence-corrected chi connectivity index (χ4v) is 1.29. The molecule has 0 amide bonds. The van der Waals surface area contributed by atoms with Crippen LogP contribution < -0.4 is 10.2 Å². The van der Waals surface area contributed by atoms with E-state index in [1.807, 2.05) is 0 Å². The number of carbonyl (C=O) groups is 2. The SMILES string of the molecule is O.O.O.O.O=C(O)c1ccccc1[O-].O=C(O)c1ccccc1[O-].[Cu+2]. The molecular weight excluding hydrogens is 392 g/mol. The van der Waals surface area contributed by atoms with Crippen LogP contribution in [0.15, 0.2) is 48.5 Å². The molecule has 145 valence electrons. The molecule has 0 bridgehead atoms. The van der Waals surface area contributed by atoms with Crippen molar-refractivity contribution in [1.82, 2.24) is 0 Å². The van der Waals surface area contributed by atoms with Gasteiger partial charge in [0.2, 0.25) is 0 Å². The van der Waals surface area contributed by atoms with Gasteiger partial charge in [-0.15, -0.1) is 0 Å². The van der Waals surface area contributed by atoms with E-state index in [-0.39, 0.29) is 50.1 Å². The van der Waals surface area contributed by atoms with Crippen LogP contribution in [0.2, 0.25) is 0 Å². The molecule has 0 aliphatic carbocycles. The van der Waals surface area contributed by atoms with Crippen molar-refractivity contribution in [1.29, 1.82) is 0 Å². The quantitative estimate of drug-likeness (QED) is 0.511. The van der Waals surface area contributed by atoms with Crippen LogP contribution in [0.5, 0.6) is 11.5 Å². The van der Waals surface area contributed by atoms with E-state index >= 15 is 0 Å². The maximum absolute atomic E-state index is 10.7. The summed E-state index contributed by atoms with van der Waals surface area (Å²) in [6, 6.07) is 11.1. The van der Waals surface area contributed by atoms with Gasteiger partial charge in [-0.05, 0) is 12.1 Å². The molecule has 0 aromatic heterocycles. The van der Waals surface area contributed by atoms with E-state index in [0.717, 1.165) is 0 Å². The van der Waals surface area contributed by atoms with Crippen molar-refractivity contribution < 1.29 is 69.0 Å². The van der Waals surface area contributed by atoms with Crippen molar-refractivity contribution in [2.24, 2.45) is 0 Å². The molecule has 0 spiro atoms. The Morgan fingerprint density at radius 2 is 0.880 bits per heavy atom. The van der Waals surface area contributed by atoms with Crippen LogP contribution in [0.3, 0.4) is 0 Å². The monoisotopic (exact) mass is 409 g/mol. The fourth-order valence-electron chi connectivity index (χ4n) is 1.29. The zero-order valence-electron chi connectivity index (χ0n) is 12.4. The molecule has 2 rings (SSSR count). The number of hydrogen-bond acceptors (Lipinski definition) is 4. The predicted molar refractivity (Wildman–Crippen MR) is 80.1 cm³/mol. The van der Waals surface area contributed by atoms with Crippen LogP contribution in [-0.4, -0.2) is 44.1 Å². The van der Waals surface area contributed by atoms with E-state index in [1.54, 1.807) is 0 Å². The zero-order valence-corrected chi connectivity index (χ0v) is 13.4. The number of benzene rings is 2. The number of hydrogen-bond donors (Lipinski definition) is 2. The Labute approximate surface area is 152 Å². The van der Waals surface area contributed by atoms with Gasteiger partial charge in [-0.3, -0.25) is 0 Å². The first-order chi connectivity index (χ1) is 9.43. The number of carboxylic acid groups (broad SMARTS) is 2. The van der Waals surface area contributed by atoms with E-state index in [1.165, 1.54) is 48.5 Å². The molecule has 2 aromatic carbocycles. The third-order valence-electron chi connectivity index (χ3n) is 2.23. The average Bonchev–Trinajstić information content (AvgIpc) is 2.40. The van der Waals surface area contributed by atoms with Gasteiger partial charge in [0.25, 0.3) is 0 Å². The smallest absolute Gasteiger partial charge is 0.872 e. The number of para-hydroxylation sites is 2. The Kier molecular flexibility index (Phi) is 21.9. The Hall–Kier alpha value is -2.66. The predicted octanol–water partition coefficient (Wildman–Crippen LogP) is -2.38. The fraction of sp³-hybridized carbons (Fsp3) is 0. The van der Waals surface area contributed by atoms with E-state index in [2.05, 4.69) is 0 Å². The number of rotatable bonds is 2. The average molecular weight is 410 g/mol. The Balaban J connectivity index is -0.0000000889. The molecule has 10 nitrogen and oxygen atoms in total. The maximum Gasteiger partial charge on any atom is 2.00 e. The summed E-state index contributed by atoms with van der Waals surface area (Å²) in [6.07, 6.45) is 0. The van der Waals surface area contributed by atoms with Gasteiger partial charge in [-0.1, -0.05) is 47.9 Å². The van der Waals surface area contributed by atoms with Crippen molar-refractivity contribution >= 4 is 11.9 Å². The Bertz CT molecular complexity index is 577. The topological polar surface area (TPSA) is 247 Å². The summed E-state index contributed by atoms with van der Waals surface area (Å²) in [4.78, 5) is 20.4. The normalized spacial score (nSPS) is 7.36. The second kappa shape index (κ2) is 16.2. The third-order valence-corrected chi connectivity index (χ3v) is 2.23. The molecule has 2 aromatic rings. The van der Waals surface area contributed by atoms with Gasteiger partial charge in [0.1, 0.15) is 0 Å². The van der Waals surface area contributed by atoms with Crippen molar-refractivity contribution in [3.05, 3.63) is 59.7 Å². The van der Waals surface area contributed by atoms with Crippen LogP contribution in [0.25, 0.3) is 0 Å². The second-order valence-corrected chi connectivity index (χ2v) is 3.60. The van der Waals surface area contributed by atoms with Gasteiger partial charge in [-0.2, -0.15) is 0 Å². The molecule has 1 radical (unpaired) electrons. The molecule has 0 aliphatic rings. The molecule has 0 saturated heterocycles. The van der Waals surface area contributed by atoms with Crippen LogP contribution in [0, 0.1) is 0 Å². The first-order valence-corrected chi connectivity index (χ1v) is 5.42. The summed E-state index contributed by atoms with van der Waals surface area (Å²) in [5.41, 5.74) is -0.356. The summed E-state index contributed by atoms with van der Waals surface area (Å²) in [5.74, 6) is -3.25. The van der Waals surface area contributed by atoms with Crippen LogP contribution in [0.4, 0.5) is 0 Å². The van der Waals surface area contributed by atoms with Crippen LogP contribution in [0.1, 0.15) is 20.7 Å². The third kappa shape index (κ3) is 10.7. The minimum absolute atomic E-state index is 0. The minimum Gasteiger partial charge on any atom is -0.872 e. The van der Waals surface area contributed by atoms with Crippen molar-refractivity contribution in [3.8, 4) is 11.5 Å². The maximum atomic E-state index is 10.7. The van der Waals surface area contributed by atoms with Crippen molar-refractivity contribution in [2.75, 3.05) is 0 Å². The number of carboxylic acids is 2. The molecule has 0 atom stereocenters. The van der Waals surface area contributed by atoms with E-state index in [0.29, 0.717) is 0 Å². The molecule has 11 heteroatoms. The van der Waals surface area contributed by atoms with Gasteiger partial charge >= 0.3 is 29.0 Å². The van der Waals surface area contributed by atoms with Gasteiger partial charge in [0.05, 0.1) is 11.1 Å². The molecule has 0 aliphatic heterocycles. The number of aromatic carboxylic acids is 2. The molecule has 0 unspecified atom stereocenters. The summed E-state index contributed by atoms with van der Waals surface area (Å²) in [6.45, 7) is 0. The molecule has 25 heavy (non-hydrogen) atoms. The molecule has 0 fully saturated rings. The van der Waals surface area contributed by atoms with Crippen LogP contribution in [-0.2, 0) is 17.1 Å². The van der Waals surface area contributed by atoms with Gasteiger partial charge in [0, 0.05) is 0 Å². The van der Waals surface area contributed by atoms with Gasteiger partial charge in [-0.25, -0.2) is 9.59 Å². The summed E-state index contributed by atoms with van der Waals surface area (Å²) in [5, 5.41) is 38.1. The Morgan fingerprint density at radius 3 is 1.04 bits per heavy atom.